The van der Waals surface area contributed by atoms with Crippen molar-refractivity contribution in [3.63, 3.8) is 0 Å². The zero-order chi connectivity index (χ0) is 21.8. The number of aromatic nitrogens is 2. The number of likely N-dealkylation sites (tertiary alicyclic amines) is 1. The number of carbonyl (C=O) groups is 2. The zero-order valence-corrected chi connectivity index (χ0v) is 17.4. The van der Waals surface area contributed by atoms with E-state index in [4.69, 9.17) is 16.2 Å². The molecule has 30 heavy (non-hydrogen) atoms. The first-order valence-corrected chi connectivity index (χ1v) is 9.83. The number of ether oxygens (including phenoxy) is 1. The van der Waals surface area contributed by atoms with E-state index in [1.165, 1.54) is 10.8 Å². The monoisotopic (exact) mass is 412 g/mol. The molecule has 1 saturated heterocycles. The van der Waals surface area contributed by atoms with E-state index >= 15 is 0 Å². The first-order chi connectivity index (χ1) is 14.3. The number of aryl methyl sites for hydroxylation is 1. The number of likely N-dealkylation sites (N-methyl/N-ethyl adjacent to an activating group) is 1. The van der Waals surface area contributed by atoms with Gasteiger partial charge in [0.2, 0.25) is 5.91 Å². The molecular formula is C21H28N6O3. The van der Waals surface area contributed by atoms with Crippen LogP contribution in [0.15, 0.2) is 36.9 Å². The molecule has 2 aliphatic rings. The minimum absolute atomic E-state index is 0.0764. The summed E-state index contributed by atoms with van der Waals surface area (Å²) in [5, 5.41) is 4.30. The number of amides is 2. The molecule has 0 aliphatic carbocycles. The topological polar surface area (TPSA) is 120 Å². The normalized spacial score (nSPS) is 17.5. The number of nitrogen functional groups attached to an aromatic ring is 1. The molecule has 4 rings (SSSR count). The number of hydrogen-bond donors (Lipinski definition) is 2. The van der Waals surface area contributed by atoms with Crippen molar-refractivity contribution in [2.24, 2.45) is 12.8 Å². The highest BCUT2D eigenvalue weighted by atomic mass is 16.5. The van der Waals surface area contributed by atoms with Crippen LogP contribution in [-0.2, 0) is 11.8 Å². The van der Waals surface area contributed by atoms with Crippen LogP contribution < -0.4 is 21.1 Å². The van der Waals surface area contributed by atoms with Crippen LogP contribution >= 0.6 is 0 Å². The summed E-state index contributed by atoms with van der Waals surface area (Å²) in [4.78, 5) is 26.3. The van der Waals surface area contributed by atoms with Crippen molar-refractivity contribution in [3.05, 3.63) is 48.2 Å². The molecule has 160 valence electrons. The van der Waals surface area contributed by atoms with E-state index in [1.54, 1.807) is 7.05 Å². The maximum absolute atomic E-state index is 11.6. The fourth-order valence-electron chi connectivity index (χ4n) is 3.66. The number of benzene rings is 1. The number of anilines is 2. The molecule has 1 fully saturated rings. The number of fused-ring (bicyclic) bond motifs is 1. The van der Waals surface area contributed by atoms with Gasteiger partial charge in [-0.05, 0) is 31.1 Å². The lowest BCUT2D eigenvalue weighted by Crippen LogP contribution is -2.33. The van der Waals surface area contributed by atoms with Crippen molar-refractivity contribution in [2.45, 2.75) is 18.9 Å². The van der Waals surface area contributed by atoms with Crippen LogP contribution in [0.4, 0.5) is 11.5 Å². The Balaban J connectivity index is 0.000000239. The smallest absolute Gasteiger partial charge is 0.254 e. The number of nitrogens with zero attached hydrogens (tertiary/aromatic N) is 4. The molecule has 0 spiro atoms. The highest BCUT2D eigenvalue weighted by Gasteiger charge is 2.31. The van der Waals surface area contributed by atoms with Crippen molar-refractivity contribution in [1.29, 1.82) is 0 Å². The number of hydrogen-bond acceptors (Lipinski definition) is 6. The Kier molecular flexibility index (Phi) is 6.29. The van der Waals surface area contributed by atoms with Gasteiger partial charge >= 0.3 is 0 Å². The van der Waals surface area contributed by atoms with Gasteiger partial charge < -0.3 is 26.0 Å². The molecule has 2 aromatic rings. The second-order valence-electron chi connectivity index (χ2n) is 7.32. The summed E-state index contributed by atoms with van der Waals surface area (Å²) in [6, 6.07) is 7.71. The van der Waals surface area contributed by atoms with Crippen LogP contribution in [0.3, 0.4) is 0 Å². The molecule has 9 heteroatoms. The van der Waals surface area contributed by atoms with E-state index in [0.29, 0.717) is 12.2 Å². The Morgan fingerprint density at radius 1 is 1.23 bits per heavy atom. The summed E-state index contributed by atoms with van der Waals surface area (Å²) in [6.07, 6.45) is 3.29. The average molecular weight is 412 g/mol. The molecule has 1 aromatic heterocycles. The van der Waals surface area contributed by atoms with Crippen molar-refractivity contribution >= 4 is 23.3 Å². The molecule has 0 bridgehead atoms. The number of rotatable bonds is 3. The summed E-state index contributed by atoms with van der Waals surface area (Å²) in [5.74, 6) is 0.478. The van der Waals surface area contributed by atoms with Gasteiger partial charge in [-0.25, -0.2) is 0 Å². The van der Waals surface area contributed by atoms with Crippen molar-refractivity contribution in [3.8, 4) is 5.75 Å². The summed E-state index contributed by atoms with van der Waals surface area (Å²) in [6.45, 7) is 5.82. The van der Waals surface area contributed by atoms with E-state index in [0.717, 1.165) is 37.4 Å². The highest BCUT2D eigenvalue weighted by Crippen LogP contribution is 2.37. The predicted molar refractivity (Wildman–Crippen MR) is 115 cm³/mol. The summed E-state index contributed by atoms with van der Waals surface area (Å²) in [7, 11) is 3.64. The quantitative estimate of drug-likeness (QED) is 0.737. The van der Waals surface area contributed by atoms with Crippen molar-refractivity contribution in [2.75, 3.05) is 37.3 Å². The molecule has 1 unspecified atom stereocenters. The minimum Gasteiger partial charge on any atom is -0.480 e. The van der Waals surface area contributed by atoms with E-state index < -0.39 is 12.0 Å². The molecular weight excluding hydrogens is 384 g/mol. The number of para-hydroxylation sites is 2. The second-order valence-corrected chi connectivity index (χ2v) is 7.32. The molecule has 0 radical (unpaired) electrons. The SMILES string of the molecule is C=CC(=O)N1CCCC1.CN1CC(c2nn(C)c(N)c2C(N)=O)Oc2ccccc21. The highest BCUT2D eigenvalue weighted by molar-refractivity contribution is 5.98. The Bertz CT molecular complexity index is 948. The Morgan fingerprint density at radius 3 is 2.53 bits per heavy atom. The minimum atomic E-state index is -0.597. The molecule has 2 aliphatic heterocycles. The summed E-state index contributed by atoms with van der Waals surface area (Å²) >= 11 is 0. The largest absolute Gasteiger partial charge is 0.480 e. The molecule has 2 amide bonds. The van der Waals surface area contributed by atoms with E-state index in [1.807, 2.05) is 36.2 Å². The molecule has 9 nitrogen and oxygen atoms in total. The third kappa shape index (κ3) is 4.24. The molecule has 3 heterocycles. The van der Waals surface area contributed by atoms with Crippen LogP contribution in [0.5, 0.6) is 5.75 Å². The average Bonchev–Trinajstić information content (AvgIpc) is 3.37. The molecule has 1 atom stereocenters. The summed E-state index contributed by atoms with van der Waals surface area (Å²) in [5.41, 5.74) is 13.0. The van der Waals surface area contributed by atoms with Crippen LogP contribution in [0, 0.1) is 0 Å². The lowest BCUT2D eigenvalue weighted by Gasteiger charge is -2.33. The van der Waals surface area contributed by atoms with Gasteiger partial charge in [0.1, 0.15) is 22.8 Å². The fraction of sp³-hybridized carbons (Fsp3) is 0.381. The van der Waals surface area contributed by atoms with Crippen molar-refractivity contribution in [1.82, 2.24) is 14.7 Å². The van der Waals surface area contributed by atoms with Gasteiger partial charge in [0.25, 0.3) is 5.91 Å². The van der Waals surface area contributed by atoms with Crippen molar-refractivity contribution < 1.29 is 14.3 Å². The second kappa shape index (κ2) is 8.89. The van der Waals surface area contributed by atoms with Crippen LogP contribution in [0.2, 0.25) is 0 Å². The van der Waals surface area contributed by atoms with Gasteiger partial charge in [0, 0.05) is 27.2 Å². The Morgan fingerprint density at radius 2 is 1.90 bits per heavy atom. The molecule has 1 aromatic carbocycles. The van der Waals surface area contributed by atoms with Gasteiger partial charge in [0.05, 0.1) is 12.2 Å². The van der Waals surface area contributed by atoms with E-state index in [-0.39, 0.29) is 17.3 Å². The van der Waals surface area contributed by atoms with Gasteiger partial charge in [0.15, 0.2) is 6.10 Å². The summed E-state index contributed by atoms with van der Waals surface area (Å²) < 4.78 is 7.41. The first kappa shape index (κ1) is 21.2. The van der Waals surface area contributed by atoms with Gasteiger partial charge in [-0.2, -0.15) is 5.10 Å². The Labute approximate surface area is 175 Å². The van der Waals surface area contributed by atoms with Gasteiger partial charge in [-0.3, -0.25) is 14.3 Å². The number of primary amides is 1. The number of nitrogens with two attached hydrogens (primary N) is 2. The van der Waals surface area contributed by atoms with Gasteiger partial charge in [-0.1, -0.05) is 18.7 Å². The maximum atomic E-state index is 11.6. The van der Waals surface area contributed by atoms with E-state index in [2.05, 4.69) is 16.6 Å². The van der Waals surface area contributed by atoms with Crippen LogP contribution in [0.1, 0.15) is 35.0 Å². The first-order valence-electron chi connectivity index (χ1n) is 9.83. The van der Waals surface area contributed by atoms with Crippen LogP contribution in [0.25, 0.3) is 0 Å². The maximum Gasteiger partial charge on any atom is 0.254 e. The number of carbonyl (C=O) groups excluding carboxylic acids is 2. The fourth-order valence-corrected chi connectivity index (χ4v) is 3.66. The van der Waals surface area contributed by atoms with Crippen LogP contribution in [-0.4, -0.2) is 53.2 Å². The lowest BCUT2D eigenvalue weighted by molar-refractivity contribution is -0.124. The zero-order valence-electron chi connectivity index (χ0n) is 17.4. The third-order valence-corrected chi connectivity index (χ3v) is 5.25. The standard InChI is InChI=1S/C14H17N5O2.C7H11NO/c1-18-7-10(21-9-6-4-3-5-8(9)18)12-11(14(16)20)13(15)19(2)17-12;1-2-7(9)8-5-3-4-6-8/h3-6,10H,7,15H2,1-2H3,(H2,16,20);2H,1,3-6H2. The molecule has 0 saturated carbocycles. The third-order valence-electron chi connectivity index (χ3n) is 5.25. The lowest BCUT2D eigenvalue weighted by atomic mass is 10.1. The predicted octanol–water partition coefficient (Wildman–Crippen LogP) is 1.47. The molecule has 4 N–H and O–H groups in total. The van der Waals surface area contributed by atoms with Gasteiger partial charge in [-0.15, -0.1) is 0 Å². The van der Waals surface area contributed by atoms with E-state index in [9.17, 15) is 9.59 Å². The Hall–Kier alpha value is -3.49.